The maximum Gasteiger partial charge on any atom is 0.261 e. The Kier molecular flexibility index (Phi) is 4.07. The van der Waals surface area contributed by atoms with Crippen LogP contribution in [0.3, 0.4) is 0 Å². The Labute approximate surface area is 91.1 Å². The summed E-state index contributed by atoms with van der Waals surface area (Å²) in [5.74, 6) is -0.105. The highest BCUT2D eigenvalue weighted by atomic mass is 16.6. The number of hydrogen-bond donors (Lipinski definition) is 2. The van der Waals surface area contributed by atoms with E-state index in [0.29, 0.717) is 0 Å². The molecule has 1 rings (SSSR count). The Morgan fingerprint density at radius 1 is 1.53 bits per heavy atom. The summed E-state index contributed by atoms with van der Waals surface area (Å²) < 4.78 is 0. The molecule has 0 aromatic heterocycles. The summed E-state index contributed by atoms with van der Waals surface area (Å²) in [6, 6.07) is -0.182. The third kappa shape index (κ3) is 3.44. The number of hydroxylamine groups is 1. The Morgan fingerprint density at radius 2 is 2.20 bits per heavy atom. The summed E-state index contributed by atoms with van der Waals surface area (Å²) in [6.07, 6.45) is 0. The summed E-state index contributed by atoms with van der Waals surface area (Å²) in [5, 5.41) is 3.17. The van der Waals surface area contributed by atoms with Gasteiger partial charge in [0.25, 0.3) is 5.91 Å². The van der Waals surface area contributed by atoms with Crippen molar-refractivity contribution in [2.45, 2.75) is 32.4 Å². The molecule has 1 fully saturated rings. The largest absolute Gasteiger partial charge is 0.303 e. The van der Waals surface area contributed by atoms with Gasteiger partial charge in [0.15, 0.2) is 0 Å². The Hall–Kier alpha value is -0.650. The van der Waals surface area contributed by atoms with Crippen LogP contribution in [0.1, 0.15) is 20.8 Å². The lowest BCUT2D eigenvalue weighted by Gasteiger charge is -2.41. The molecule has 1 heterocycles. The molecule has 0 bridgehead atoms. The van der Waals surface area contributed by atoms with Crippen molar-refractivity contribution in [1.29, 1.82) is 0 Å². The van der Waals surface area contributed by atoms with Crippen molar-refractivity contribution in [3.63, 3.8) is 0 Å². The van der Waals surface area contributed by atoms with Crippen molar-refractivity contribution in [1.82, 2.24) is 15.7 Å². The highest BCUT2D eigenvalue weighted by molar-refractivity contribution is 5.81. The molecule has 0 radical (unpaired) electrons. The summed E-state index contributed by atoms with van der Waals surface area (Å²) >= 11 is 0. The van der Waals surface area contributed by atoms with Crippen LogP contribution in [0.15, 0.2) is 0 Å². The van der Waals surface area contributed by atoms with Crippen LogP contribution in [-0.2, 0) is 9.63 Å². The van der Waals surface area contributed by atoms with Gasteiger partial charge in [-0.25, -0.2) is 5.48 Å². The molecule has 88 valence electrons. The Morgan fingerprint density at radius 3 is 2.73 bits per heavy atom. The van der Waals surface area contributed by atoms with Gasteiger partial charge in [-0.05, 0) is 20.8 Å². The fraction of sp³-hybridized carbons (Fsp3) is 0.900. The van der Waals surface area contributed by atoms with Crippen molar-refractivity contribution < 1.29 is 9.63 Å². The van der Waals surface area contributed by atoms with E-state index in [-0.39, 0.29) is 17.5 Å². The van der Waals surface area contributed by atoms with Crippen LogP contribution in [0.2, 0.25) is 0 Å². The van der Waals surface area contributed by atoms with E-state index >= 15 is 0 Å². The molecule has 0 saturated carbocycles. The summed E-state index contributed by atoms with van der Waals surface area (Å²) in [5.41, 5.74) is 2.46. The third-order valence-electron chi connectivity index (χ3n) is 2.64. The lowest BCUT2D eigenvalue weighted by molar-refractivity contribution is -0.135. The number of nitrogens with one attached hydrogen (secondary N) is 2. The van der Waals surface area contributed by atoms with Crippen LogP contribution < -0.4 is 10.8 Å². The smallest absolute Gasteiger partial charge is 0.261 e. The van der Waals surface area contributed by atoms with Crippen LogP contribution in [0.4, 0.5) is 0 Å². The standard InChI is InChI=1S/C10H21N3O2/c1-10(2,3)13-6-5-11-8(7-13)9(14)12-15-4/h8,11H,5-7H2,1-4H3,(H,12,14). The first-order chi connectivity index (χ1) is 6.95. The van der Waals surface area contributed by atoms with Crippen LogP contribution >= 0.6 is 0 Å². The quantitative estimate of drug-likeness (QED) is 0.623. The number of carbonyl (C=O) groups is 1. The fourth-order valence-electron chi connectivity index (χ4n) is 1.71. The molecule has 2 N–H and O–H groups in total. The molecule has 0 aliphatic carbocycles. The molecular formula is C10H21N3O2. The van der Waals surface area contributed by atoms with Crippen LogP contribution in [-0.4, -0.2) is 49.1 Å². The zero-order chi connectivity index (χ0) is 11.5. The second-order valence-electron chi connectivity index (χ2n) is 4.79. The zero-order valence-corrected chi connectivity index (χ0v) is 9.96. The number of piperazine rings is 1. The topological polar surface area (TPSA) is 53.6 Å². The van der Waals surface area contributed by atoms with Crippen LogP contribution in [0.25, 0.3) is 0 Å². The van der Waals surface area contributed by atoms with E-state index in [1.807, 2.05) is 0 Å². The van der Waals surface area contributed by atoms with Gasteiger partial charge in [0.05, 0.1) is 7.11 Å². The molecule has 1 unspecified atom stereocenters. The maximum absolute atomic E-state index is 11.5. The van der Waals surface area contributed by atoms with Gasteiger partial charge in [-0.15, -0.1) is 0 Å². The van der Waals surface area contributed by atoms with E-state index in [2.05, 4.69) is 41.3 Å². The molecule has 1 saturated heterocycles. The van der Waals surface area contributed by atoms with Crippen molar-refractivity contribution >= 4 is 5.91 Å². The van der Waals surface area contributed by atoms with Crippen molar-refractivity contribution in [2.24, 2.45) is 0 Å². The van der Waals surface area contributed by atoms with Crippen molar-refractivity contribution in [3.05, 3.63) is 0 Å². The van der Waals surface area contributed by atoms with Crippen molar-refractivity contribution in [3.8, 4) is 0 Å². The van der Waals surface area contributed by atoms with Crippen molar-refractivity contribution in [2.75, 3.05) is 26.7 Å². The second-order valence-corrected chi connectivity index (χ2v) is 4.79. The van der Waals surface area contributed by atoms with E-state index in [4.69, 9.17) is 0 Å². The Balaban J connectivity index is 2.52. The van der Waals surface area contributed by atoms with E-state index in [9.17, 15) is 4.79 Å². The highest BCUT2D eigenvalue weighted by Gasteiger charge is 2.30. The lowest BCUT2D eigenvalue weighted by atomic mass is 10.0. The van der Waals surface area contributed by atoms with Gasteiger partial charge >= 0.3 is 0 Å². The average Bonchev–Trinajstić information content (AvgIpc) is 2.17. The van der Waals surface area contributed by atoms with Gasteiger partial charge in [-0.2, -0.15) is 0 Å². The van der Waals surface area contributed by atoms with Gasteiger partial charge in [-0.1, -0.05) is 0 Å². The second kappa shape index (κ2) is 4.92. The molecular weight excluding hydrogens is 194 g/mol. The molecule has 1 aliphatic rings. The van der Waals surface area contributed by atoms with E-state index < -0.39 is 0 Å². The summed E-state index contributed by atoms with van der Waals surface area (Å²) in [4.78, 5) is 18.5. The predicted octanol–water partition coefficient (Wildman–Crippen LogP) is -0.264. The maximum atomic E-state index is 11.5. The molecule has 0 aromatic rings. The zero-order valence-electron chi connectivity index (χ0n) is 9.96. The van der Waals surface area contributed by atoms with E-state index in [1.165, 1.54) is 7.11 Å². The summed E-state index contributed by atoms with van der Waals surface area (Å²) in [7, 11) is 1.45. The van der Waals surface area contributed by atoms with E-state index in [0.717, 1.165) is 19.6 Å². The number of amides is 1. The summed E-state index contributed by atoms with van der Waals surface area (Å²) in [6.45, 7) is 8.99. The molecule has 1 aliphatic heterocycles. The van der Waals surface area contributed by atoms with Gasteiger partial charge in [-0.3, -0.25) is 14.5 Å². The molecule has 1 amide bonds. The normalized spacial score (nSPS) is 23.9. The van der Waals surface area contributed by atoms with Crippen LogP contribution in [0.5, 0.6) is 0 Å². The number of rotatable bonds is 2. The fourth-order valence-corrected chi connectivity index (χ4v) is 1.71. The molecule has 5 nitrogen and oxygen atoms in total. The van der Waals surface area contributed by atoms with Gasteiger partial charge < -0.3 is 5.32 Å². The minimum absolute atomic E-state index is 0.105. The van der Waals surface area contributed by atoms with Gasteiger partial charge in [0.2, 0.25) is 0 Å². The third-order valence-corrected chi connectivity index (χ3v) is 2.64. The molecule has 0 aromatic carbocycles. The Bertz CT molecular complexity index is 225. The first-order valence-corrected chi connectivity index (χ1v) is 5.26. The molecule has 15 heavy (non-hydrogen) atoms. The minimum atomic E-state index is -0.182. The molecule has 0 spiro atoms. The first-order valence-electron chi connectivity index (χ1n) is 5.26. The minimum Gasteiger partial charge on any atom is -0.303 e. The van der Waals surface area contributed by atoms with Gasteiger partial charge in [0, 0.05) is 25.2 Å². The van der Waals surface area contributed by atoms with Crippen LogP contribution in [0, 0.1) is 0 Å². The average molecular weight is 215 g/mol. The molecule has 1 atom stereocenters. The SMILES string of the molecule is CONC(=O)C1CN(C(C)(C)C)CCN1. The molecule has 5 heteroatoms. The number of hydrogen-bond acceptors (Lipinski definition) is 4. The predicted molar refractivity (Wildman–Crippen MR) is 58.3 cm³/mol. The monoisotopic (exact) mass is 215 g/mol. The lowest BCUT2D eigenvalue weighted by Crippen LogP contribution is -2.60. The van der Waals surface area contributed by atoms with E-state index in [1.54, 1.807) is 0 Å². The number of nitrogens with zero attached hydrogens (tertiary/aromatic N) is 1. The number of carbonyl (C=O) groups excluding carboxylic acids is 1. The first kappa shape index (κ1) is 12.4. The van der Waals surface area contributed by atoms with Gasteiger partial charge in [0.1, 0.15) is 6.04 Å². The highest BCUT2D eigenvalue weighted by Crippen LogP contribution is 2.15.